The molecular formula is C11H11NO2S. The van der Waals surface area contributed by atoms with Gasteiger partial charge in [0.25, 0.3) is 0 Å². The van der Waals surface area contributed by atoms with Crippen molar-refractivity contribution in [2.45, 2.75) is 17.3 Å². The number of aliphatic hydroxyl groups excluding tert-OH is 1. The van der Waals surface area contributed by atoms with Crippen LogP contribution in [-0.4, -0.2) is 10.3 Å². The molecule has 2 aromatic rings. The van der Waals surface area contributed by atoms with Gasteiger partial charge in [-0.25, -0.2) is 0 Å². The van der Waals surface area contributed by atoms with Crippen LogP contribution in [0, 0.1) is 0 Å². The van der Waals surface area contributed by atoms with E-state index in [1.54, 1.807) is 24.2 Å². The summed E-state index contributed by atoms with van der Waals surface area (Å²) in [6.07, 6.45) is 3.35. The van der Waals surface area contributed by atoms with Crippen molar-refractivity contribution < 1.29 is 9.63 Å². The summed E-state index contributed by atoms with van der Waals surface area (Å²) >= 11 is 1.70. The van der Waals surface area contributed by atoms with Crippen LogP contribution < -0.4 is 0 Å². The van der Waals surface area contributed by atoms with E-state index in [9.17, 15) is 0 Å². The van der Waals surface area contributed by atoms with Gasteiger partial charge < -0.3 is 9.63 Å². The maximum atomic E-state index is 8.98. The van der Waals surface area contributed by atoms with Gasteiger partial charge in [-0.3, -0.25) is 0 Å². The van der Waals surface area contributed by atoms with Gasteiger partial charge in [0, 0.05) is 16.2 Å². The Bertz CT molecular complexity index is 414. The molecule has 3 nitrogen and oxygen atoms in total. The predicted molar refractivity (Wildman–Crippen MR) is 58.4 cm³/mol. The second kappa shape index (κ2) is 5.00. The third kappa shape index (κ3) is 2.84. The number of benzene rings is 1. The number of thioether (sulfide) groups is 1. The predicted octanol–water partition coefficient (Wildman–Crippen LogP) is 2.46. The molecule has 15 heavy (non-hydrogen) atoms. The monoisotopic (exact) mass is 221 g/mol. The van der Waals surface area contributed by atoms with E-state index in [1.165, 1.54) is 0 Å². The largest absolute Gasteiger partial charge is 0.392 e. The Hall–Kier alpha value is -1.26. The lowest BCUT2D eigenvalue weighted by Gasteiger charge is -2.01. The highest BCUT2D eigenvalue weighted by Crippen LogP contribution is 2.23. The molecule has 0 bridgehead atoms. The van der Waals surface area contributed by atoms with Gasteiger partial charge in [0.15, 0.2) is 0 Å². The minimum atomic E-state index is 0.0850. The van der Waals surface area contributed by atoms with Crippen molar-refractivity contribution >= 4 is 11.8 Å². The van der Waals surface area contributed by atoms with Crippen LogP contribution in [0.4, 0.5) is 0 Å². The molecule has 0 atom stereocenters. The van der Waals surface area contributed by atoms with E-state index in [4.69, 9.17) is 9.63 Å². The molecule has 0 spiro atoms. The first kappa shape index (κ1) is 10.3. The van der Waals surface area contributed by atoms with Crippen molar-refractivity contribution in [2.24, 2.45) is 0 Å². The highest BCUT2D eigenvalue weighted by atomic mass is 32.2. The Morgan fingerprint density at radius 1 is 1.33 bits per heavy atom. The van der Waals surface area contributed by atoms with Crippen molar-refractivity contribution in [3.8, 4) is 0 Å². The quantitative estimate of drug-likeness (QED) is 0.805. The fraction of sp³-hybridized carbons (Fsp3) is 0.182. The van der Waals surface area contributed by atoms with Crippen LogP contribution in [0.3, 0.4) is 0 Å². The lowest BCUT2D eigenvalue weighted by Crippen LogP contribution is -1.83. The molecule has 0 fully saturated rings. The summed E-state index contributed by atoms with van der Waals surface area (Å²) in [6, 6.07) is 7.86. The zero-order valence-electron chi connectivity index (χ0n) is 8.09. The van der Waals surface area contributed by atoms with Gasteiger partial charge in [0.2, 0.25) is 0 Å². The van der Waals surface area contributed by atoms with E-state index in [2.05, 4.69) is 5.16 Å². The van der Waals surface area contributed by atoms with Gasteiger partial charge in [-0.05, 0) is 17.7 Å². The van der Waals surface area contributed by atoms with E-state index in [-0.39, 0.29) is 6.61 Å². The second-order valence-corrected chi connectivity index (χ2v) is 4.18. The fourth-order valence-electron chi connectivity index (χ4n) is 1.20. The van der Waals surface area contributed by atoms with E-state index in [0.717, 1.165) is 21.8 Å². The lowest BCUT2D eigenvalue weighted by molar-refractivity contribution is 0.281. The molecule has 0 aliphatic rings. The van der Waals surface area contributed by atoms with Crippen LogP contribution in [0.1, 0.15) is 11.1 Å². The van der Waals surface area contributed by atoms with Crippen molar-refractivity contribution in [3.63, 3.8) is 0 Å². The molecule has 78 valence electrons. The van der Waals surface area contributed by atoms with Crippen molar-refractivity contribution in [1.29, 1.82) is 0 Å². The van der Waals surface area contributed by atoms with E-state index < -0.39 is 0 Å². The number of aliphatic hydroxyl groups is 1. The van der Waals surface area contributed by atoms with E-state index in [1.807, 2.05) is 24.3 Å². The molecule has 1 aromatic heterocycles. The molecule has 0 aliphatic heterocycles. The van der Waals surface area contributed by atoms with Crippen molar-refractivity contribution in [2.75, 3.05) is 0 Å². The molecule has 0 saturated heterocycles. The van der Waals surface area contributed by atoms with Gasteiger partial charge in [-0.15, -0.1) is 11.8 Å². The normalized spacial score (nSPS) is 10.5. The summed E-state index contributed by atoms with van der Waals surface area (Å²) < 4.78 is 4.74. The van der Waals surface area contributed by atoms with Gasteiger partial charge in [-0.1, -0.05) is 17.3 Å². The van der Waals surface area contributed by atoms with E-state index >= 15 is 0 Å². The molecule has 4 heteroatoms. The van der Waals surface area contributed by atoms with Crippen LogP contribution in [0.25, 0.3) is 0 Å². The second-order valence-electron chi connectivity index (χ2n) is 3.13. The van der Waals surface area contributed by atoms with Gasteiger partial charge in [-0.2, -0.15) is 0 Å². The van der Waals surface area contributed by atoms with Crippen LogP contribution in [0.2, 0.25) is 0 Å². The maximum Gasteiger partial charge on any atom is 0.127 e. The Morgan fingerprint density at radius 2 is 2.27 bits per heavy atom. The van der Waals surface area contributed by atoms with Gasteiger partial charge >= 0.3 is 0 Å². The molecule has 1 heterocycles. The lowest BCUT2D eigenvalue weighted by atomic mass is 10.2. The summed E-state index contributed by atoms with van der Waals surface area (Å²) in [5.41, 5.74) is 2.00. The third-order valence-corrected chi connectivity index (χ3v) is 3.03. The van der Waals surface area contributed by atoms with Crippen LogP contribution in [0.15, 0.2) is 46.1 Å². The Morgan fingerprint density at radius 3 is 3.00 bits per heavy atom. The van der Waals surface area contributed by atoms with Crippen LogP contribution in [0.5, 0.6) is 0 Å². The minimum Gasteiger partial charge on any atom is -0.392 e. The van der Waals surface area contributed by atoms with Gasteiger partial charge in [0.1, 0.15) is 6.26 Å². The Balaban J connectivity index is 1.98. The SMILES string of the molecule is OCc1cccc(SCc2cnoc2)c1. The van der Waals surface area contributed by atoms with Crippen molar-refractivity contribution in [1.82, 2.24) is 5.16 Å². The number of nitrogens with zero attached hydrogens (tertiary/aromatic N) is 1. The van der Waals surface area contributed by atoms with Gasteiger partial charge in [0.05, 0.1) is 12.8 Å². The summed E-state index contributed by atoms with van der Waals surface area (Å²) in [5.74, 6) is 0.832. The first-order valence-electron chi connectivity index (χ1n) is 4.59. The molecule has 1 aromatic carbocycles. The molecule has 2 rings (SSSR count). The maximum absolute atomic E-state index is 8.98. The number of rotatable bonds is 4. The summed E-state index contributed by atoms with van der Waals surface area (Å²) in [7, 11) is 0. The number of hydrogen-bond acceptors (Lipinski definition) is 4. The summed E-state index contributed by atoms with van der Waals surface area (Å²) in [5, 5.41) is 12.6. The zero-order valence-corrected chi connectivity index (χ0v) is 8.91. The Kier molecular flexibility index (Phi) is 3.42. The zero-order chi connectivity index (χ0) is 10.5. The average molecular weight is 221 g/mol. The molecule has 0 aliphatic carbocycles. The van der Waals surface area contributed by atoms with Crippen LogP contribution >= 0.6 is 11.8 Å². The first-order valence-corrected chi connectivity index (χ1v) is 5.58. The average Bonchev–Trinajstić information content (AvgIpc) is 2.79. The standard InChI is InChI=1S/C11H11NO2S/c13-6-9-2-1-3-11(4-9)15-8-10-5-12-14-7-10/h1-5,7,13H,6,8H2. The number of hydrogen-bond donors (Lipinski definition) is 1. The van der Waals surface area contributed by atoms with Crippen molar-refractivity contribution in [3.05, 3.63) is 47.9 Å². The topological polar surface area (TPSA) is 46.3 Å². The molecule has 0 amide bonds. The fourth-order valence-corrected chi connectivity index (χ4v) is 2.08. The third-order valence-electron chi connectivity index (χ3n) is 1.97. The molecule has 0 radical (unpaired) electrons. The summed E-state index contributed by atoms with van der Waals surface area (Å²) in [6.45, 7) is 0.0850. The highest BCUT2D eigenvalue weighted by molar-refractivity contribution is 7.98. The molecule has 0 saturated carbocycles. The molecular weight excluding hydrogens is 210 g/mol. The first-order chi connectivity index (χ1) is 7.38. The molecule has 0 unspecified atom stereocenters. The Labute approximate surface area is 92.1 Å². The molecule has 1 N–H and O–H groups in total. The smallest absolute Gasteiger partial charge is 0.127 e. The highest BCUT2D eigenvalue weighted by Gasteiger charge is 1.99. The van der Waals surface area contributed by atoms with Crippen LogP contribution in [-0.2, 0) is 12.4 Å². The summed E-state index contributed by atoms with van der Waals surface area (Å²) in [4.78, 5) is 1.14. The van der Waals surface area contributed by atoms with E-state index in [0.29, 0.717) is 0 Å². The number of aromatic nitrogens is 1. The minimum absolute atomic E-state index is 0.0850.